The highest BCUT2D eigenvalue weighted by atomic mass is 16.5. The van der Waals surface area contributed by atoms with Crippen LogP contribution in [-0.4, -0.2) is 47.0 Å². The smallest absolute Gasteiger partial charge is 0.320 e. The summed E-state index contributed by atoms with van der Waals surface area (Å²) in [5.74, 6) is 0.561. The Kier molecular flexibility index (Phi) is 5.92. The van der Waals surface area contributed by atoms with E-state index in [4.69, 9.17) is 11.8 Å². The van der Waals surface area contributed by atoms with Crippen molar-refractivity contribution >= 4 is 23.2 Å². The number of carbonyl (C=O) groups excluding carboxylic acids is 1. The van der Waals surface area contributed by atoms with Gasteiger partial charge in [-0.2, -0.15) is 9.97 Å². The quantitative estimate of drug-likeness (QED) is 0.689. The Hall–Kier alpha value is -2.87. The van der Waals surface area contributed by atoms with Crippen LogP contribution in [-0.2, 0) is 17.9 Å². The maximum absolute atomic E-state index is 12.3. The van der Waals surface area contributed by atoms with Crippen LogP contribution in [0.4, 0.5) is 17.3 Å². The van der Waals surface area contributed by atoms with Gasteiger partial charge in [-0.3, -0.25) is 9.69 Å². The summed E-state index contributed by atoms with van der Waals surface area (Å²) in [6, 6.07) is 8.60. The topological polar surface area (TPSA) is 96.6 Å². The number of ether oxygens (including phenoxy) is 1. The van der Waals surface area contributed by atoms with E-state index in [-0.39, 0.29) is 37.3 Å². The summed E-state index contributed by atoms with van der Waals surface area (Å²) in [6.07, 6.45) is 2.86. The zero-order chi connectivity index (χ0) is 21.8. The Bertz CT molecular complexity index is 934. The standard InChI is InChI=1S/C22H30N6O2/c1-2-3-11-30-22-25-20(23)19-21(26-22)28(15-18(29)24-19)14-17-8-6-7-16(12-17)13-27-9-4-5-10-27/h6-8,12H,2-5,9-11,13-15H2,1H3,(H,24,29)(H2,23,25,26)/i3D. The second kappa shape index (κ2) is 9.30. The number of nitrogens with one attached hydrogen (secondary N) is 1. The first kappa shape index (κ1) is 19.1. The summed E-state index contributed by atoms with van der Waals surface area (Å²) in [5, 5.41) is 2.78. The number of nitrogens with zero attached hydrogens (tertiary/aromatic N) is 4. The number of rotatable bonds is 8. The first-order chi connectivity index (χ1) is 15.0. The average molecular weight is 412 g/mol. The van der Waals surface area contributed by atoms with Crippen LogP contribution in [0.5, 0.6) is 6.01 Å². The van der Waals surface area contributed by atoms with Crippen molar-refractivity contribution in [1.29, 1.82) is 0 Å². The fourth-order valence-corrected chi connectivity index (χ4v) is 3.91. The highest BCUT2D eigenvalue weighted by Crippen LogP contribution is 2.34. The van der Waals surface area contributed by atoms with E-state index in [0.717, 1.165) is 25.2 Å². The molecule has 2 aromatic rings. The monoisotopic (exact) mass is 411 g/mol. The van der Waals surface area contributed by atoms with Crippen LogP contribution >= 0.6 is 0 Å². The Morgan fingerprint density at radius 2 is 2.00 bits per heavy atom. The Morgan fingerprint density at radius 3 is 2.77 bits per heavy atom. The molecule has 8 nitrogen and oxygen atoms in total. The van der Waals surface area contributed by atoms with E-state index in [1.54, 1.807) is 0 Å². The van der Waals surface area contributed by atoms with Gasteiger partial charge in [0.25, 0.3) is 0 Å². The molecule has 1 saturated heterocycles. The van der Waals surface area contributed by atoms with Crippen LogP contribution in [0.1, 0.15) is 45.1 Å². The fraction of sp³-hybridized carbons (Fsp3) is 0.500. The van der Waals surface area contributed by atoms with Crippen molar-refractivity contribution in [1.82, 2.24) is 14.9 Å². The first-order valence-electron chi connectivity index (χ1n) is 11.2. The van der Waals surface area contributed by atoms with Gasteiger partial charge in [0.15, 0.2) is 11.6 Å². The maximum atomic E-state index is 12.3. The molecule has 0 saturated carbocycles. The summed E-state index contributed by atoms with van der Waals surface area (Å²) >= 11 is 0. The van der Waals surface area contributed by atoms with Crippen LogP contribution in [0.15, 0.2) is 24.3 Å². The van der Waals surface area contributed by atoms with E-state index in [2.05, 4.69) is 44.5 Å². The molecule has 0 radical (unpaired) electrons. The predicted molar refractivity (Wildman–Crippen MR) is 117 cm³/mol. The number of hydrogen-bond donors (Lipinski definition) is 2. The minimum atomic E-state index is -0.352. The molecule has 8 heteroatoms. The average Bonchev–Trinajstić information content (AvgIpc) is 3.26. The SMILES string of the molecule is [2H]C(CC)COc1nc(N)c2c(n1)N(Cc1cccc(CN3CCCC3)c1)CC(=O)N2. The molecule has 3 heterocycles. The number of aromatic nitrogens is 2. The number of nitrogens with two attached hydrogens (primary N) is 1. The molecule has 0 spiro atoms. The zero-order valence-electron chi connectivity index (χ0n) is 18.4. The first-order valence-corrected chi connectivity index (χ1v) is 10.6. The van der Waals surface area contributed by atoms with E-state index < -0.39 is 0 Å². The van der Waals surface area contributed by atoms with Gasteiger partial charge < -0.3 is 20.7 Å². The molecule has 1 aromatic heterocycles. The Labute approximate surface area is 178 Å². The zero-order valence-corrected chi connectivity index (χ0v) is 17.4. The van der Waals surface area contributed by atoms with Gasteiger partial charge in [-0.25, -0.2) is 0 Å². The minimum Gasteiger partial charge on any atom is -0.463 e. The lowest BCUT2D eigenvalue weighted by Gasteiger charge is -2.30. The van der Waals surface area contributed by atoms with Gasteiger partial charge in [0.2, 0.25) is 5.91 Å². The molecule has 1 amide bonds. The molecule has 0 bridgehead atoms. The van der Waals surface area contributed by atoms with Crippen LogP contribution in [0.25, 0.3) is 0 Å². The third-order valence-corrected chi connectivity index (χ3v) is 5.38. The van der Waals surface area contributed by atoms with Gasteiger partial charge in [0.05, 0.1) is 13.2 Å². The normalized spacial score (nSPS) is 18.0. The summed E-state index contributed by atoms with van der Waals surface area (Å²) in [6.45, 7) is 6.08. The summed E-state index contributed by atoms with van der Waals surface area (Å²) < 4.78 is 13.4. The lowest BCUT2D eigenvalue weighted by atomic mass is 10.1. The number of carbonyl (C=O) groups is 1. The third-order valence-electron chi connectivity index (χ3n) is 5.38. The fourth-order valence-electron chi connectivity index (χ4n) is 3.91. The van der Waals surface area contributed by atoms with E-state index in [1.807, 2.05) is 11.8 Å². The Balaban J connectivity index is 1.54. The van der Waals surface area contributed by atoms with Crippen molar-refractivity contribution in [2.24, 2.45) is 0 Å². The summed E-state index contributed by atoms with van der Waals surface area (Å²) in [7, 11) is 0. The van der Waals surface area contributed by atoms with Gasteiger partial charge in [0.1, 0.15) is 5.69 Å². The number of fused-ring (bicyclic) bond motifs is 1. The second-order valence-corrected chi connectivity index (χ2v) is 7.81. The van der Waals surface area contributed by atoms with Crippen LogP contribution in [0.2, 0.25) is 0 Å². The summed E-state index contributed by atoms with van der Waals surface area (Å²) in [5.41, 5.74) is 8.88. The van der Waals surface area contributed by atoms with Crippen molar-refractivity contribution in [2.45, 2.75) is 45.7 Å². The molecule has 0 aliphatic carbocycles. The van der Waals surface area contributed by atoms with Crippen LogP contribution < -0.4 is 20.7 Å². The Morgan fingerprint density at radius 1 is 1.23 bits per heavy atom. The molecule has 1 aromatic carbocycles. The summed E-state index contributed by atoms with van der Waals surface area (Å²) in [4.78, 5) is 25.3. The van der Waals surface area contributed by atoms with Crippen molar-refractivity contribution in [3.8, 4) is 6.01 Å². The third kappa shape index (κ3) is 4.81. The number of likely N-dealkylation sites (tertiary alicyclic amines) is 1. The van der Waals surface area contributed by atoms with Crippen LogP contribution in [0.3, 0.4) is 0 Å². The van der Waals surface area contributed by atoms with Crippen molar-refractivity contribution in [2.75, 3.05) is 42.2 Å². The molecule has 1 unspecified atom stereocenters. The second-order valence-electron chi connectivity index (χ2n) is 7.81. The number of hydrogen-bond acceptors (Lipinski definition) is 7. The molecule has 2 aliphatic heterocycles. The maximum Gasteiger partial charge on any atom is 0.320 e. The van der Waals surface area contributed by atoms with Crippen molar-refractivity contribution < 1.29 is 10.9 Å². The molecular formula is C22H30N6O2. The number of anilines is 3. The van der Waals surface area contributed by atoms with Gasteiger partial charge in [-0.15, -0.1) is 0 Å². The van der Waals surface area contributed by atoms with E-state index in [9.17, 15) is 4.79 Å². The molecule has 2 aliphatic rings. The van der Waals surface area contributed by atoms with E-state index in [0.29, 0.717) is 24.5 Å². The predicted octanol–water partition coefficient (Wildman–Crippen LogP) is 2.79. The highest BCUT2D eigenvalue weighted by Gasteiger charge is 2.27. The molecule has 4 rings (SSSR count). The lowest BCUT2D eigenvalue weighted by Crippen LogP contribution is -2.39. The molecule has 1 fully saturated rings. The number of nitrogen functional groups attached to an aromatic ring is 1. The molecular weight excluding hydrogens is 380 g/mol. The van der Waals surface area contributed by atoms with Crippen LogP contribution in [0, 0.1) is 0 Å². The highest BCUT2D eigenvalue weighted by molar-refractivity contribution is 6.03. The van der Waals surface area contributed by atoms with Crippen molar-refractivity contribution in [3.63, 3.8) is 0 Å². The largest absolute Gasteiger partial charge is 0.463 e. The molecule has 160 valence electrons. The minimum absolute atomic E-state index is 0.130. The van der Waals surface area contributed by atoms with Crippen molar-refractivity contribution in [3.05, 3.63) is 35.4 Å². The molecule has 1 atom stereocenters. The van der Waals surface area contributed by atoms with Gasteiger partial charge in [0, 0.05) is 14.5 Å². The van der Waals surface area contributed by atoms with Gasteiger partial charge >= 0.3 is 6.01 Å². The van der Waals surface area contributed by atoms with E-state index >= 15 is 0 Å². The lowest BCUT2D eigenvalue weighted by molar-refractivity contribution is -0.115. The van der Waals surface area contributed by atoms with Gasteiger partial charge in [-0.05, 0) is 43.5 Å². The van der Waals surface area contributed by atoms with Gasteiger partial charge in [-0.1, -0.05) is 37.6 Å². The van der Waals surface area contributed by atoms with E-state index in [1.165, 1.54) is 18.4 Å². The number of benzene rings is 1. The number of amides is 1. The molecule has 3 N–H and O–H groups in total. The molecule has 30 heavy (non-hydrogen) atoms.